The van der Waals surface area contributed by atoms with Gasteiger partial charge in [-0.2, -0.15) is 0 Å². The van der Waals surface area contributed by atoms with E-state index in [9.17, 15) is 0 Å². The van der Waals surface area contributed by atoms with Crippen LogP contribution in [-0.2, 0) is 9.31 Å². The molecule has 0 aromatic heterocycles. The van der Waals surface area contributed by atoms with E-state index < -0.39 is 0 Å². The molecule has 0 spiro atoms. The van der Waals surface area contributed by atoms with Crippen molar-refractivity contribution in [1.29, 1.82) is 0 Å². The third-order valence-electron chi connectivity index (χ3n) is 5.71. The fourth-order valence-electron chi connectivity index (χ4n) is 3.14. The molecule has 0 unspecified atom stereocenters. The van der Waals surface area contributed by atoms with Gasteiger partial charge < -0.3 is 9.31 Å². The van der Waals surface area contributed by atoms with E-state index in [1.54, 1.807) is 0 Å². The maximum absolute atomic E-state index is 6.20. The molecule has 2 aromatic rings. The topological polar surface area (TPSA) is 18.5 Å². The summed E-state index contributed by atoms with van der Waals surface area (Å²) in [6.07, 6.45) is 6.13. The van der Waals surface area contributed by atoms with Gasteiger partial charge in [-0.05, 0) is 62.4 Å². The number of benzene rings is 2. The monoisotopic (exact) mass is 372 g/mol. The molecule has 0 bridgehead atoms. The summed E-state index contributed by atoms with van der Waals surface area (Å²) in [5.41, 5.74) is 4.91. The molecule has 1 heterocycles. The first-order chi connectivity index (χ1) is 13.2. The lowest BCUT2D eigenvalue weighted by Gasteiger charge is -2.32. The van der Waals surface area contributed by atoms with Gasteiger partial charge in [-0.1, -0.05) is 79.4 Å². The van der Waals surface area contributed by atoms with Crippen LogP contribution in [0, 0.1) is 0 Å². The Bertz CT molecular complexity index is 891. The van der Waals surface area contributed by atoms with Crippen LogP contribution in [0.25, 0.3) is 11.1 Å². The lowest BCUT2D eigenvalue weighted by atomic mass is 9.78. The quantitative estimate of drug-likeness (QED) is 0.498. The Labute approximate surface area is 169 Å². The van der Waals surface area contributed by atoms with E-state index in [-0.39, 0.29) is 18.3 Å². The van der Waals surface area contributed by atoms with Gasteiger partial charge >= 0.3 is 7.12 Å². The van der Waals surface area contributed by atoms with Crippen molar-refractivity contribution in [2.75, 3.05) is 0 Å². The van der Waals surface area contributed by atoms with Crippen molar-refractivity contribution in [3.63, 3.8) is 0 Å². The molecule has 0 radical (unpaired) electrons. The molecule has 2 aromatic carbocycles. The molecule has 28 heavy (non-hydrogen) atoms. The van der Waals surface area contributed by atoms with Crippen molar-refractivity contribution in [2.45, 2.75) is 45.8 Å². The van der Waals surface area contributed by atoms with Crippen LogP contribution < -0.4 is 5.46 Å². The van der Waals surface area contributed by atoms with Crippen LogP contribution >= 0.6 is 0 Å². The van der Waals surface area contributed by atoms with Gasteiger partial charge in [0, 0.05) is 0 Å². The molecule has 1 fully saturated rings. The maximum atomic E-state index is 6.20. The smallest absolute Gasteiger partial charge is 0.399 e. The zero-order valence-corrected chi connectivity index (χ0v) is 17.5. The van der Waals surface area contributed by atoms with E-state index in [0.29, 0.717) is 0 Å². The van der Waals surface area contributed by atoms with Gasteiger partial charge in [-0.25, -0.2) is 0 Å². The van der Waals surface area contributed by atoms with E-state index in [0.717, 1.165) is 16.6 Å². The molecular weight excluding hydrogens is 343 g/mol. The van der Waals surface area contributed by atoms with Crippen molar-refractivity contribution >= 4 is 23.7 Å². The van der Waals surface area contributed by atoms with Crippen LogP contribution in [0.3, 0.4) is 0 Å². The van der Waals surface area contributed by atoms with Gasteiger partial charge in [0.05, 0.1) is 11.2 Å². The summed E-state index contributed by atoms with van der Waals surface area (Å²) in [4.78, 5) is 0. The Kier molecular flexibility index (Phi) is 5.78. The average Bonchev–Trinajstić information content (AvgIpc) is 2.90. The maximum Gasteiger partial charge on any atom is 0.494 e. The molecule has 0 saturated carbocycles. The number of hydrogen-bond acceptors (Lipinski definition) is 2. The lowest BCUT2D eigenvalue weighted by molar-refractivity contribution is 0.00578. The third kappa shape index (κ3) is 4.21. The van der Waals surface area contributed by atoms with E-state index in [2.05, 4.69) is 95.8 Å². The van der Waals surface area contributed by atoms with Crippen LogP contribution in [-0.4, -0.2) is 18.3 Å². The Morgan fingerprint density at radius 2 is 1.46 bits per heavy atom. The first-order valence-corrected chi connectivity index (χ1v) is 9.76. The molecule has 0 atom stereocenters. The fraction of sp³-hybridized carbons (Fsp3) is 0.280. The summed E-state index contributed by atoms with van der Waals surface area (Å²) >= 11 is 0. The second-order valence-corrected chi connectivity index (χ2v) is 8.26. The molecule has 0 amide bonds. The molecule has 144 valence electrons. The number of hydrogen-bond donors (Lipinski definition) is 0. The van der Waals surface area contributed by atoms with Crippen LogP contribution in [0.2, 0.25) is 0 Å². The van der Waals surface area contributed by atoms with Crippen LogP contribution in [0.4, 0.5) is 0 Å². The molecular formula is C25H29BO2. The highest BCUT2D eigenvalue weighted by Gasteiger charge is 2.51. The Morgan fingerprint density at radius 3 is 2.07 bits per heavy atom. The Morgan fingerprint density at radius 1 is 0.857 bits per heavy atom. The zero-order valence-electron chi connectivity index (χ0n) is 17.5. The molecule has 0 aliphatic carbocycles. The van der Waals surface area contributed by atoms with Crippen LogP contribution in [0.15, 0.2) is 79.4 Å². The molecule has 3 rings (SSSR count). The highest BCUT2D eigenvalue weighted by Crippen LogP contribution is 2.36. The molecule has 2 nitrogen and oxygen atoms in total. The highest BCUT2D eigenvalue weighted by molar-refractivity contribution is 6.62. The van der Waals surface area contributed by atoms with Gasteiger partial charge in [0.15, 0.2) is 0 Å². The van der Waals surface area contributed by atoms with Crippen molar-refractivity contribution in [3.8, 4) is 0 Å². The Balaban J connectivity index is 1.87. The van der Waals surface area contributed by atoms with E-state index >= 15 is 0 Å². The lowest BCUT2D eigenvalue weighted by Crippen LogP contribution is -2.41. The van der Waals surface area contributed by atoms with E-state index in [1.807, 2.05) is 18.2 Å². The summed E-state index contributed by atoms with van der Waals surface area (Å²) in [5.74, 6) is 0. The van der Waals surface area contributed by atoms with Crippen molar-refractivity contribution < 1.29 is 9.31 Å². The van der Waals surface area contributed by atoms with Gasteiger partial charge in [0.1, 0.15) is 0 Å². The molecule has 3 heteroatoms. The van der Waals surface area contributed by atoms with Gasteiger partial charge in [-0.15, -0.1) is 0 Å². The van der Waals surface area contributed by atoms with Gasteiger partial charge in [0.25, 0.3) is 0 Å². The predicted octanol–water partition coefficient (Wildman–Crippen LogP) is 5.66. The van der Waals surface area contributed by atoms with E-state index in [1.165, 1.54) is 11.1 Å². The average molecular weight is 372 g/mol. The number of allylic oxidation sites excluding steroid dienone is 5. The van der Waals surface area contributed by atoms with Crippen LogP contribution in [0.1, 0.15) is 45.7 Å². The van der Waals surface area contributed by atoms with Crippen molar-refractivity contribution in [1.82, 2.24) is 0 Å². The van der Waals surface area contributed by atoms with Crippen molar-refractivity contribution in [2.24, 2.45) is 0 Å². The third-order valence-corrected chi connectivity index (χ3v) is 5.71. The highest BCUT2D eigenvalue weighted by atomic mass is 16.7. The zero-order chi connectivity index (χ0) is 20.4. The van der Waals surface area contributed by atoms with Crippen molar-refractivity contribution in [3.05, 3.63) is 90.5 Å². The summed E-state index contributed by atoms with van der Waals surface area (Å²) in [6.45, 7) is 14.4. The second kappa shape index (κ2) is 7.94. The van der Waals surface area contributed by atoms with Crippen LogP contribution in [0.5, 0.6) is 0 Å². The van der Waals surface area contributed by atoms with E-state index in [4.69, 9.17) is 9.31 Å². The normalized spacial score (nSPS) is 19.0. The summed E-state index contributed by atoms with van der Waals surface area (Å²) in [7, 11) is -0.363. The first-order valence-electron chi connectivity index (χ1n) is 9.76. The second-order valence-electron chi connectivity index (χ2n) is 8.26. The summed E-state index contributed by atoms with van der Waals surface area (Å²) < 4.78 is 12.4. The predicted molar refractivity (Wildman–Crippen MR) is 120 cm³/mol. The van der Waals surface area contributed by atoms with Gasteiger partial charge in [0.2, 0.25) is 0 Å². The summed E-state index contributed by atoms with van der Waals surface area (Å²) in [6, 6.07) is 18.7. The minimum atomic E-state index is -0.363. The minimum absolute atomic E-state index is 0.347. The molecule has 0 N–H and O–H groups in total. The molecule has 1 aliphatic heterocycles. The summed E-state index contributed by atoms with van der Waals surface area (Å²) in [5, 5.41) is 0. The molecule has 1 saturated heterocycles. The standard InChI is InChI=1S/C25H29BO2/c1-7-20(17-16-19(2)21-12-9-8-10-13-21)22-14-11-15-23(18-22)26-27-24(3,4)25(5,6)28-26/h7-18H,1H2,2-6H3/b19-16+,20-17+. The van der Waals surface area contributed by atoms with Gasteiger partial charge in [-0.3, -0.25) is 0 Å². The first kappa shape index (κ1) is 20.4. The largest absolute Gasteiger partial charge is 0.494 e. The molecule has 1 aliphatic rings. The SMILES string of the molecule is C=C/C(=C\C=C(/C)c1ccccc1)c1cccc(B2OC(C)(C)C(C)(C)O2)c1. The number of rotatable bonds is 5. The minimum Gasteiger partial charge on any atom is -0.399 e. The fourth-order valence-corrected chi connectivity index (χ4v) is 3.14. The Hall–Kier alpha value is -2.36.